The van der Waals surface area contributed by atoms with Crippen molar-refractivity contribution in [3.63, 3.8) is 0 Å². The van der Waals surface area contributed by atoms with Gasteiger partial charge >= 0.3 is 5.97 Å². The third kappa shape index (κ3) is 4.08. The van der Waals surface area contributed by atoms with E-state index in [1.54, 1.807) is 54.6 Å². The zero-order chi connectivity index (χ0) is 23.5. The molecular weight excluding hydrogens is 448 g/mol. The van der Waals surface area contributed by atoms with Gasteiger partial charge in [-0.1, -0.05) is 35.9 Å². The summed E-state index contributed by atoms with van der Waals surface area (Å²) in [5, 5.41) is 0.472. The van der Waals surface area contributed by atoms with Crippen LogP contribution < -0.4 is 24.6 Å². The minimum atomic E-state index is -0.812. The van der Waals surface area contributed by atoms with Crippen molar-refractivity contribution in [3.8, 4) is 28.6 Å². The number of benzene rings is 3. The SMILES string of the molecule is COc1cc(-c2nc3ccccc3c(=O)n2OC(=O)c2ccccc2Cl)cc(OC)c1OC. The summed E-state index contributed by atoms with van der Waals surface area (Å²) in [5.74, 6) is 0.315. The highest BCUT2D eigenvalue weighted by Crippen LogP contribution is 2.40. The number of ether oxygens (including phenoxy) is 3. The molecule has 168 valence electrons. The Morgan fingerprint density at radius 2 is 1.55 bits per heavy atom. The lowest BCUT2D eigenvalue weighted by atomic mass is 10.1. The normalized spacial score (nSPS) is 10.7. The predicted molar refractivity (Wildman–Crippen MR) is 123 cm³/mol. The van der Waals surface area contributed by atoms with Crippen LogP contribution in [0.5, 0.6) is 17.2 Å². The Hall–Kier alpha value is -4.04. The van der Waals surface area contributed by atoms with E-state index in [0.29, 0.717) is 28.3 Å². The van der Waals surface area contributed by atoms with Gasteiger partial charge in [-0.05, 0) is 36.4 Å². The number of hydrogen-bond donors (Lipinski definition) is 0. The van der Waals surface area contributed by atoms with Gasteiger partial charge in [-0.2, -0.15) is 0 Å². The van der Waals surface area contributed by atoms with Crippen LogP contribution in [0.4, 0.5) is 0 Å². The maximum atomic E-state index is 13.3. The fraction of sp³-hybridized carbons (Fsp3) is 0.125. The number of halogens is 1. The molecule has 0 aliphatic rings. The highest BCUT2D eigenvalue weighted by molar-refractivity contribution is 6.33. The zero-order valence-electron chi connectivity index (χ0n) is 18.0. The highest BCUT2D eigenvalue weighted by Gasteiger charge is 2.22. The standard InChI is InChI=1S/C24H19ClN2O6/c1-30-19-12-14(13-20(31-2)21(19)32-3)22-26-18-11-7-5-9-16(18)23(28)27(22)33-24(29)15-8-4-6-10-17(15)25/h4-13H,1-3H3. The lowest BCUT2D eigenvalue weighted by Gasteiger charge is -2.16. The number of aromatic nitrogens is 2. The van der Waals surface area contributed by atoms with Gasteiger partial charge in [-0.3, -0.25) is 4.79 Å². The molecule has 0 unspecified atom stereocenters. The molecule has 9 heteroatoms. The molecule has 0 aliphatic heterocycles. The summed E-state index contributed by atoms with van der Waals surface area (Å²) in [6.07, 6.45) is 0. The number of rotatable bonds is 6. The van der Waals surface area contributed by atoms with Crippen LogP contribution in [0.25, 0.3) is 22.3 Å². The minimum Gasteiger partial charge on any atom is -0.493 e. The van der Waals surface area contributed by atoms with E-state index in [4.69, 9.17) is 30.6 Å². The maximum absolute atomic E-state index is 13.3. The van der Waals surface area contributed by atoms with Crippen LogP contribution in [-0.4, -0.2) is 37.0 Å². The Bertz CT molecular complexity index is 1390. The molecule has 0 radical (unpaired) electrons. The molecule has 1 aromatic heterocycles. The number of para-hydroxylation sites is 1. The molecule has 0 atom stereocenters. The topological polar surface area (TPSA) is 88.9 Å². The molecule has 0 spiro atoms. The minimum absolute atomic E-state index is 0.0679. The lowest BCUT2D eigenvalue weighted by Crippen LogP contribution is -2.33. The van der Waals surface area contributed by atoms with E-state index in [9.17, 15) is 9.59 Å². The molecule has 3 aromatic carbocycles. The zero-order valence-corrected chi connectivity index (χ0v) is 18.8. The van der Waals surface area contributed by atoms with E-state index < -0.39 is 11.5 Å². The first-order chi connectivity index (χ1) is 16.0. The number of carbonyl (C=O) groups excluding carboxylic acids is 1. The largest absolute Gasteiger partial charge is 0.493 e. The van der Waals surface area contributed by atoms with Gasteiger partial charge in [-0.25, -0.2) is 9.78 Å². The van der Waals surface area contributed by atoms with Crippen molar-refractivity contribution in [2.24, 2.45) is 0 Å². The summed E-state index contributed by atoms with van der Waals surface area (Å²) < 4.78 is 17.1. The Kier molecular flexibility index (Phi) is 6.19. The van der Waals surface area contributed by atoms with E-state index in [-0.39, 0.29) is 21.8 Å². The summed E-state index contributed by atoms with van der Waals surface area (Å²) in [6.45, 7) is 0. The lowest BCUT2D eigenvalue weighted by molar-refractivity contribution is 0.0450. The van der Waals surface area contributed by atoms with Gasteiger partial charge in [0, 0.05) is 5.56 Å². The fourth-order valence-corrected chi connectivity index (χ4v) is 3.57. The third-order valence-electron chi connectivity index (χ3n) is 4.93. The highest BCUT2D eigenvalue weighted by atomic mass is 35.5. The van der Waals surface area contributed by atoms with Crippen LogP contribution in [0.1, 0.15) is 10.4 Å². The summed E-state index contributed by atoms with van der Waals surface area (Å²) in [5.41, 5.74) is 0.371. The number of carbonyl (C=O) groups is 1. The Labute approximate surface area is 193 Å². The first-order valence-corrected chi connectivity index (χ1v) is 10.2. The Morgan fingerprint density at radius 1 is 0.909 bits per heavy atom. The van der Waals surface area contributed by atoms with Crippen molar-refractivity contribution in [1.29, 1.82) is 0 Å². The molecule has 0 aliphatic carbocycles. The van der Waals surface area contributed by atoms with Gasteiger partial charge in [0.15, 0.2) is 17.3 Å². The summed E-state index contributed by atoms with van der Waals surface area (Å²) in [4.78, 5) is 36.3. The Morgan fingerprint density at radius 3 is 2.18 bits per heavy atom. The monoisotopic (exact) mass is 466 g/mol. The second kappa shape index (κ2) is 9.22. The second-order valence-electron chi connectivity index (χ2n) is 6.82. The maximum Gasteiger partial charge on any atom is 0.365 e. The molecular formula is C24H19ClN2O6. The van der Waals surface area contributed by atoms with Crippen molar-refractivity contribution >= 4 is 28.5 Å². The van der Waals surface area contributed by atoms with Crippen LogP contribution in [0.15, 0.2) is 65.5 Å². The molecule has 0 saturated carbocycles. The van der Waals surface area contributed by atoms with Gasteiger partial charge in [0.1, 0.15) is 0 Å². The summed E-state index contributed by atoms with van der Waals surface area (Å²) >= 11 is 6.14. The summed E-state index contributed by atoms with van der Waals surface area (Å²) in [7, 11) is 4.43. The molecule has 1 heterocycles. The average molecular weight is 467 g/mol. The number of hydrogen-bond acceptors (Lipinski definition) is 7. The van der Waals surface area contributed by atoms with Gasteiger partial charge in [-0.15, -0.1) is 4.73 Å². The van der Waals surface area contributed by atoms with E-state index in [2.05, 4.69) is 4.98 Å². The van der Waals surface area contributed by atoms with Crippen LogP contribution in [-0.2, 0) is 0 Å². The average Bonchev–Trinajstić information content (AvgIpc) is 2.84. The first-order valence-electron chi connectivity index (χ1n) is 9.77. The van der Waals surface area contributed by atoms with Crippen LogP contribution in [0, 0.1) is 0 Å². The van der Waals surface area contributed by atoms with E-state index in [0.717, 1.165) is 4.73 Å². The van der Waals surface area contributed by atoms with Crippen molar-refractivity contribution in [3.05, 3.63) is 81.6 Å². The smallest absolute Gasteiger partial charge is 0.365 e. The first kappa shape index (κ1) is 22.2. The summed E-state index contributed by atoms with van der Waals surface area (Å²) in [6, 6.07) is 16.4. The molecule has 0 saturated heterocycles. The molecule has 0 N–H and O–H groups in total. The van der Waals surface area contributed by atoms with Crippen LogP contribution in [0.2, 0.25) is 5.02 Å². The van der Waals surface area contributed by atoms with Crippen LogP contribution in [0.3, 0.4) is 0 Å². The Balaban J connectivity index is 1.96. The number of methoxy groups -OCH3 is 3. The van der Waals surface area contributed by atoms with Gasteiger partial charge in [0.25, 0.3) is 5.56 Å². The van der Waals surface area contributed by atoms with E-state index in [1.807, 2.05) is 0 Å². The van der Waals surface area contributed by atoms with Crippen LogP contribution >= 0.6 is 11.6 Å². The molecule has 0 amide bonds. The number of nitrogens with zero attached hydrogens (tertiary/aromatic N) is 2. The fourth-order valence-electron chi connectivity index (χ4n) is 3.35. The molecule has 0 fully saturated rings. The molecule has 4 rings (SSSR count). The molecule has 33 heavy (non-hydrogen) atoms. The van der Waals surface area contributed by atoms with Crippen molar-refractivity contribution in [1.82, 2.24) is 9.71 Å². The van der Waals surface area contributed by atoms with Gasteiger partial charge < -0.3 is 19.0 Å². The van der Waals surface area contributed by atoms with Crippen molar-refractivity contribution < 1.29 is 23.8 Å². The third-order valence-corrected chi connectivity index (χ3v) is 5.26. The number of fused-ring (bicyclic) bond motifs is 1. The quantitative estimate of drug-likeness (QED) is 0.424. The van der Waals surface area contributed by atoms with Gasteiger partial charge in [0.2, 0.25) is 5.75 Å². The van der Waals surface area contributed by atoms with Gasteiger partial charge in [0.05, 0.1) is 42.8 Å². The van der Waals surface area contributed by atoms with E-state index in [1.165, 1.54) is 27.4 Å². The predicted octanol–water partition coefficient (Wildman–Crippen LogP) is 4.01. The van der Waals surface area contributed by atoms with Crippen molar-refractivity contribution in [2.75, 3.05) is 21.3 Å². The molecule has 0 bridgehead atoms. The second-order valence-corrected chi connectivity index (χ2v) is 7.23. The molecule has 8 nitrogen and oxygen atoms in total. The van der Waals surface area contributed by atoms with E-state index >= 15 is 0 Å². The molecule has 4 aromatic rings. The van der Waals surface area contributed by atoms with Crippen molar-refractivity contribution in [2.45, 2.75) is 0 Å².